The second kappa shape index (κ2) is 4.93. The van der Waals surface area contributed by atoms with Crippen LogP contribution in [0.5, 0.6) is 0 Å². The van der Waals surface area contributed by atoms with Crippen LogP contribution < -0.4 is 5.32 Å². The molecule has 0 radical (unpaired) electrons. The summed E-state index contributed by atoms with van der Waals surface area (Å²) in [4.78, 5) is 2.66. The highest BCUT2D eigenvalue weighted by atomic mass is 32.1. The molecule has 0 amide bonds. The van der Waals surface area contributed by atoms with Crippen molar-refractivity contribution in [2.45, 2.75) is 33.4 Å². The van der Waals surface area contributed by atoms with Gasteiger partial charge >= 0.3 is 0 Å². The molecule has 1 unspecified atom stereocenters. The topological polar surface area (TPSA) is 55.6 Å². The van der Waals surface area contributed by atoms with Gasteiger partial charge in [-0.2, -0.15) is 0 Å². The standard InChI is InChI=1S/C11H17N5S/c1-7-5-10(9(3)17-7)8(2)16-11(6-12-4)13-14-15-16/h5,8,12H,6H2,1-4H3. The van der Waals surface area contributed by atoms with Crippen LogP contribution in [0.3, 0.4) is 0 Å². The maximum Gasteiger partial charge on any atom is 0.165 e. The van der Waals surface area contributed by atoms with Crippen molar-refractivity contribution < 1.29 is 0 Å². The van der Waals surface area contributed by atoms with E-state index in [1.807, 2.05) is 23.1 Å². The first-order valence-electron chi connectivity index (χ1n) is 5.61. The zero-order valence-electron chi connectivity index (χ0n) is 10.6. The number of nitrogens with zero attached hydrogens (tertiary/aromatic N) is 4. The molecule has 2 aromatic heterocycles. The molecule has 1 atom stereocenters. The van der Waals surface area contributed by atoms with Crippen molar-refractivity contribution in [3.63, 3.8) is 0 Å². The van der Waals surface area contributed by atoms with E-state index in [1.165, 1.54) is 15.3 Å². The maximum atomic E-state index is 4.08. The van der Waals surface area contributed by atoms with E-state index in [1.54, 1.807) is 0 Å². The number of rotatable bonds is 4. The van der Waals surface area contributed by atoms with E-state index in [4.69, 9.17) is 0 Å². The summed E-state index contributed by atoms with van der Waals surface area (Å²) >= 11 is 1.82. The molecule has 2 rings (SSSR count). The van der Waals surface area contributed by atoms with E-state index in [0.717, 1.165) is 5.82 Å². The first-order chi connectivity index (χ1) is 8.13. The largest absolute Gasteiger partial charge is 0.313 e. The summed E-state index contributed by atoms with van der Waals surface area (Å²) in [6, 6.07) is 2.40. The van der Waals surface area contributed by atoms with Crippen molar-refractivity contribution in [2.24, 2.45) is 0 Å². The average Bonchev–Trinajstić information content (AvgIpc) is 2.85. The fraction of sp³-hybridized carbons (Fsp3) is 0.545. The Bertz CT molecular complexity index is 502. The van der Waals surface area contributed by atoms with Crippen LogP contribution in [0.2, 0.25) is 0 Å². The molecule has 2 heterocycles. The number of aryl methyl sites for hydroxylation is 2. The molecular formula is C11H17N5S. The quantitative estimate of drug-likeness (QED) is 0.898. The number of hydrogen-bond acceptors (Lipinski definition) is 5. The smallest absolute Gasteiger partial charge is 0.165 e. The van der Waals surface area contributed by atoms with E-state index in [0.29, 0.717) is 6.54 Å². The number of thiophene rings is 1. The SMILES string of the molecule is CNCc1nnnn1C(C)c1cc(C)sc1C. The molecule has 0 saturated heterocycles. The Morgan fingerprint density at radius 2 is 2.24 bits per heavy atom. The second-order valence-electron chi connectivity index (χ2n) is 4.11. The molecule has 0 bridgehead atoms. The van der Waals surface area contributed by atoms with Crippen LogP contribution in [0.1, 0.15) is 34.1 Å². The molecule has 0 spiro atoms. The Balaban J connectivity index is 2.33. The zero-order valence-corrected chi connectivity index (χ0v) is 11.4. The van der Waals surface area contributed by atoms with Gasteiger partial charge in [-0.3, -0.25) is 0 Å². The second-order valence-corrected chi connectivity index (χ2v) is 5.58. The molecule has 1 N–H and O–H groups in total. The van der Waals surface area contributed by atoms with Gasteiger partial charge in [0.2, 0.25) is 0 Å². The summed E-state index contributed by atoms with van der Waals surface area (Å²) in [5.41, 5.74) is 1.30. The fourth-order valence-corrected chi connectivity index (χ4v) is 3.00. The molecule has 0 aliphatic rings. The molecule has 17 heavy (non-hydrogen) atoms. The molecular weight excluding hydrogens is 234 g/mol. The highest BCUT2D eigenvalue weighted by Crippen LogP contribution is 2.28. The van der Waals surface area contributed by atoms with Crippen molar-refractivity contribution >= 4 is 11.3 Å². The molecule has 0 aliphatic carbocycles. The van der Waals surface area contributed by atoms with Crippen LogP contribution in [0.15, 0.2) is 6.07 Å². The summed E-state index contributed by atoms with van der Waals surface area (Å²) < 4.78 is 1.88. The molecule has 5 nitrogen and oxygen atoms in total. The third-order valence-electron chi connectivity index (χ3n) is 2.79. The van der Waals surface area contributed by atoms with Gasteiger partial charge in [0.25, 0.3) is 0 Å². The Morgan fingerprint density at radius 1 is 1.47 bits per heavy atom. The number of nitrogens with one attached hydrogen (secondary N) is 1. The third kappa shape index (κ3) is 2.37. The lowest BCUT2D eigenvalue weighted by Gasteiger charge is -2.13. The first kappa shape index (κ1) is 12.2. The first-order valence-corrected chi connectivity index (χ1v) is 6.43. The van der Waals surface area contributed by atoms with Crippen LogP contribution in [-0.4, -0.2) is 27.3 Å². The van der Waals surface area contributed by atoms with Crippen molar-refractivity contribution in [3.8, 4) is 0 Å². The van der Waals surface area contributed by atoms with Crippen molar-refractivity contribution in [1.29, 1.82) is 0 Å². The normalized spacial score (nSPS) is 12.9. The maximum absolute atomic E-state index is 4.08. The Morgan fingerprint density at radius 3 is 2.82 bits per heavy atom. The van der Waals surface area contributed by atoms with Gasteiger partial charge in [0.15, 0.2) is 5.82 Å². The van der Waals surface area contributed by atoms with E-state index in [2.05, 4.69) is 47.7 Å². The lowest BCUT2D eigenvalue weighted by atomic mass is 10.1. The average molecular weight is 251 g/mol. The van der Waals surface area contributed by atoms with Crippen molar-refractivity contribution in [3.05, 3.63) is 27.2 Å². The van der Waals surface area contributed by atoms with Gasteiger partial charge < -0.3 is 5.32 Å². The highest BCUT2D eigenvalue weighted by molar-refractivity contribution is 7.12. The monoisotopic (exact) mass is 251 g/mol. The minimum absolute atomic E-state index is 0.179. The summed E-state index contributed by atoms with van der Waals surface area (Å²) in [5, 5.41) is 14.9. The van der Waals surface area contributed by atoms with Crippen LogP contribution in [0.25, 0.3) is 0 Å². The molecule has 6 heteroatoms. The van der Waals surface area contributed by atoms with Gasteiger partial charge in [-0.15, -0.1) is 16.4 Å². The third-order valence-corrected chi connectivity index (χ3v) is 3.77. The summed E-state index contributed by atoms with van der Waals surface area (Å²) in [5.74, 6) is 0.864. The summed E-state index contributed by atoms with van der Waals surface area (Å²) in [6.45, 7) is 7.08. The lowest BCUT2D eigenvalue weighted by Crippen LogP contribution is -2.17. The predicted octanol–water partition coefficient (Wildman–Crippen LogP) is 1.68. The Hall–Kier alpha value is -1.27. The van der Waals surface area contributed by atoms with Crippen LogP contribution in [0, 0.1) is 13.8 Å². The summed E-state index contributed by atoms with van der Waals surface area (Å²) in [6.07, 6.45) is 0. The minimum atomic E-state index is 0.179. The predicted molar refractivity (Wildman–Crippen MR) is 68.2 cm³/mol. The van der Waals surface area contributed by atoms with Gasteiger partial charge in [-0.1, -0.05) is 0 Å². The summed E-state index contributed by atoms with van der Waals surface area (Å²) in [7, 11) is 1.89. The van der Waals surface area contributed by atoms with E-state index in [-0.39, 0.29) is 6.04 Å². The fourth-order valence-electron chi connectivity index (χ4n) is 1.98. The van der Waals surface area contributed by atoms with Gasteiger partial charge in [-0.05, 0) is 49.9 Å². The van der Waals surface area contributed by atoms with Crippen LogP contribution >= 0.6 is 11.3 Å². The Kier molecular flexibility index (Phi) is 3.54. The van der Waals surface area contributed by atoms with Gasteiger partial charge in [0.1, 0.15) is 0 Å². The molecule has 0 aliphatic heterocycles. The van der Waals surface area contributed by atoms with Crippen molar-refractivity contribution in [2.75, 3.05) is 7.05 Å². The molecule has 0 aromatic carbocycles. The minimum Gasteiger partial charge on any atom is -0.313 e. The van der Waals surface area contributed by atoms with E-state index < -0.39 is 0 Å². The number of hydrogen-bond donors (Lipinski definition) is 1. The molecule has 0 fully saturated rings. The van der Waals surface area contributed by atoms with Gasteiger partial charge in [-0.25, -0.2) is 4.68 Å². The highest BCUT2D eigenvalue weighted by Gasteiger charge is 2.17. The molecule has 0 saturated carbocycles. The number of tetrazole rings is 1. The van der Waals surface area contributed by atoms with Gasteiger partial charge in [0, 0.05) is 9.75 Å². The van der Waals surface area contributed by atoms with Crippen molar-refractivity contribution in [1.82, 2.24) is 25.5 Å². The lowest BCUT2D eigenvalue weighted by molar-refractivity contribution is 0.512. The Labute approximate surface area is 105 Å². The van der Waals surface area contributed by atoms with Crippen LogP contribution in [0.4, 0.5) is 0 Å². The molecule has 92 valence electrons. The zero-order chi connectivity index (χ0) is 12.4. The van der Waals surface area contributed by atoms with E-state index in [9.17, 15) is 0 Å². The van der Waals surface area contributed by atoms with Crippen LogP contribution in [-0.2, 0) is 6.54 Å². The number of aromatic nitrogens is 4. The van der Waals surface area contributed by atoms with E-state index >= 15 is 0 Å². The van der Waals surface area contributed by atoms with Gasteiger partial charge in [0.05, 0.1) is 12.6 Å². The molecule has 2 aromatic rings.